The normalized spacial score (nSPS) is 18.9. The number of methoxy groups -OCH3 is 1. The Labute approximate surface area is 102 Å². The van der Waals surface area contributed by atoms with Crippen molar-refractivity contribution < 1.29 is 9.47 Å². The first-order chi connectivity index (χ1) is 8.35. The van der Waals surface area contributed by atoms with Crippen molar-refractivity contribution in [2.75, 3.05) is 27.4 Å². The van der Waals surface area contributed by atoms with E-state index in [0.717, 1.165) is 31.7 Å². The van der Waals surface area contributed by atoms with Crippen LogP contribution in [-0.2, 0) is 4.74 Å². The molecule has 2 heterocycles. The summed E-state index contributed by atoms with van der Waals surface area (Å²) in [6.45, 7) is 1.68. The molecule has 0 amide bonds. The summed E-state index contributed by atoms with van der Waals surface area (Å²) in [5, 5.41) is 3.34. The van der Waals surface area contributed by atoms with Crippen molar-refractivity contribution in [2.45, 2.75) is 18.9 Å². The summed E-state index contributed by atoms with van der Waals surface area (Å²) in [6, 6.07) is 2.15. The van der Waals surface area contributed by atoms with Crippen molar-refractivity contribution in [3.05, 3.63) is 18.1 Å². The number of hydrogen-bond donors (Lipinski definition) is 1. The van der Waals surface area contributed by atoms with Crippen molar-refractivity contribution >= 4 is 0 Å². The van der Waals surface area contributed by atoms with E-state index in [1.807, 2.05) is 13.1 Å². The number of nitrogens with zero attached hydrogens (tertiary/aromatic N) is 2. The van der Waals surface area contributed by atoms with Crippen LogP contribution >= 0.6 is 0 Å². The summed E-state index contributed by atoms with van der Waals surface area (Å²) in [6.07, 6.45) is 3.69. The number of ether oxygens (including phenoxy) is 2. The predicted molar refractivity (Wildman–Crippen MR) is 63.9 cm³/mol. The largest absolute Gasteiger partial charge is 0.481 e. The molecule has 1 aliphatic rings. The molecule has 1 aliphatic heterocycles. The summed E-state index contributed by atoms with van der Waals surface area (Å²) < 4.78 is 10.5. The minimum absolute atomic E-state index is 0.246. The second-order valence-corrected chi connectivity index (χ2v) is 4.20. The topological polar surface area (TPSA) is 56.3 Å². The van der Waals surface area contributed by atoms with Crippen LogP contribution in [0, 0.1) is 5.92 Å². The molecular weight excluding hydrogens is 218 g/mol. The van der Waals surface area contributed by atoms with E-state index >= 15 is 0 Å². The molecule has 0 spiro atoms. The van der Waals surface area contributed by atoms with E-state index in [-0.39, 0.29) is 6.04 Å². The second kappa shape index (κ2) is 5.93. The van der Waals surface area contributed by atoms with Crippen molar-refractivity contribution in [1.29, 1.82) is 0 Å². The summed E-state index contributed by atoms with van der Waals surface area (Å²) in [4.78, 5) is 8.37. The van der Waals surface area contributed by atoms with Gasteiger partial charge in [0, 0.05) is 19.3 Å². The van der Waals surface area contributed by atoms with Gasteiger partial charge in [-0.1, -0.05) is 0 Å². The lowest BCUT2D eigenvalue weighted by molar-refractivity contribution is 0.0540. The molecule has 1 saturated heterocycles. The molecule has 5 heteroatoms. The average molecular weight is 237 g/mol. The third-order valence-corrected chi connectivity index (χ3v) is 3.24. The molecule has 2 rings (SSSR count). The quantitative estimate of drug-likeness (QED) is 0.852. The van der Waals surface area contributed by atoms with Crippen LogP contribution in [0.4, 0.5) is 0 Å². The third-order valence-electron chi connectivity index (χ3n) is 3.24. The lowest BCUT2D eigenvalue weighted by atomic mass is 9.89. The van der Waals surface area contributed by atoms with Crippen LogP contribution in [0.5, 0.6) is 5.88 Å². The summed E-state index contributed by atoms with van der Waals surface area (Å²) in [5.41, 5.74) is 0.992. The SMILES string of the molecule is CNC(c1cc(OC)ncn1)C1CCOCC1. The maximum Gasteiger partial charge on any atom is 0.216 e. The maximum absolute atomic E-state index is 5.39. The van der Waals surface area contributed by atoms with Gasteiger partial charge in [0.15, 0.2) is 0 Å². The molecule has 0 aromatic carbocycles. The zero-order valence-electron chi connectivity index (χ0n) is 10.3. The monoisotopic (exact) mass is 237 g/mol. The standard InChI is InChI=1S/C12H19N3O2/c1-13-12(9-3-5-17-6-4-9)10-7-11(16-2)15-8-14-10/h7-9,12-13H,3-6H2,1-2H3. The maximum atomic E-state index is 5.39. The molecule has 0 saturated carbocycles. The third kappa shape index (κ3) is 2.92. The Bertz CT molecular complexity index is 353. The first-order valence-electron chi connectivity index (χ1n) is 5.96. The van der Waals surface area contributed by atoms with Gasteiger partial charge < -0.3 is 14.8 Å². The van der Waals surface area contributed by atoms with Gasteiger partial charge in [0.05, 0.1) is 18.8 Å². The zero-order valence-corrected chi connectivity index (χ0v) is 10.3. The van der Waals surface area contributed by atoms with Gasteiger partial charge in [-0.25, -0.2) is 9.97 Å². The molecule has 94 valence electrons. The molecule has 1 N–H and O–H groups in total. The van der Waals surface area contributed by atoms with Crippen LogP contribution in [0.25, 0.3) is 0 Å². The van der Waals surface area contributed by atoms with Crippen molar-refractivity contribution in [3.8, 4) is 5.88 Å². The average Bonchev–Trinajstić information content (AvgIpc) is 2.41. The fourth-order valence-corrected chi connectivity index (χ4v) is 2.31. The van der Waals surface area contributed by atoms with E-state index in [0.29, 0.717) is 11.8 Å². The van der Waals surface area contributed by atoms with Crippen LogP contribution in [0.3, 0.4) is 0 Å². The predicted octanol–water partition coefficient (Wildman–Crippen LogP) is 1.17. The lowest BCUT2D eigenvalue weighted by Crippen LogP contribution is -2.30. The van der Waals surface area contributed by atoms with E-state index in [9.17, 15) is 0 Å². The fourth-order valence-electron chi connectivity index (χ4n) is 2.31. The highest BCUT2D eigenvalue weighted by atomic mass is 16.5. The van der Waals surface area contributed by atoms with E-state index in [2.05, 4.69) is 15.3 Å². The van der Waals surface area contributed by atoms with Gasteiger partial charge in [-0.3, -0.25) is 0 Å². The highest BCUT2D eigenvalue weighted by Gasteiger charge is 2.25. The highest BCUT2D eigenvalue weighted by Crippen LogP contribution is 2.29. The van der Waals surface area contributed by atoms with Gasteiger partial charge in [0.2, 0.25) is 5.88 Å². The first kappa shape index (κ1) is 12.3. The first-order valence-corrected chi connectivity index (χ1v) is 5.96. The summed E-state index contributed by atoms with van der Waals surface area (Å²) in [7, 11) is 3.59. The molecule has 1 atom stereocenters. The molecule has 0 aliphatic carbocycles. The Kier molecular flexibility index (Phi) is 4.28. The van der Waals surface area contributed by atoms with E-state index in [1.165, 1.54) is 0 Å². The lowest BCUT2D eigenvalue weighted by Gasteiger charge is -2.29. The molecule has 0 bridgehead atoms. The minimum atomic E-state index is 0.246. The Morgan fingerprint density at radius 2 is 2.18 bits per heavy atom. The van der Waals surface area contributed by atoms with Gasteiger partial charge in [-0.2, -0.15) is 0 Å². The minimum Gasteiger partial charge on any atom is -0.481 e. The highest BCUT2D eigenvalue weighted by molar-refractivity contribution is 5.17. The van der Waals surface area contributed by atoms with Crippen LogP contribution < -0.4 is 10.1 Å². The van der Waals surface area contributed by atoms with Crippen LogP contribution in [-0.4, -0.2) is 37.3 Å². The Hall–Kier alpha value is -1.20. The van der Waals surface area contributed by atoms with Gasteiger partial charge >= 0.3 is 0 Å². The van der Waals surface area contributed by atoms with E-state index < -0.39 is 0 Å². The van der Waals surface area contributed by atoms with Crippen LogP contribution in [0.15, 0.2) is 12.4 Å². The molecule has 0 radical (unpaired) electrons. The van der Waals surface area contributed by atoms with Gasteiger partial charge in [0.1, 0.15) is 6.33 Å². The van der Waals surface area contributed by atoms with E-state index in [4.69, 9.17) is 9.47 Å². The molecule has 1 unspecified atom stereocenters. The Morgan fingerprint density at radius 3 is 2.82 bits per heavy atom. The van der Waals surface area contributed by atoms with Crippen molar-refractivity contribution in [2.24, 2.45) is 5.92 Å². The van der Waals surface area contributed by atoms with Crippen LogP contribution in [0.2, 0.25) is 0 Å². The molecule has 5 nitrogen and oxygen atoms in total. The van der Waals surface area contributed by atoms with Gasteiger partial charge in [-0.05, 0) is 25.8 Å². The van der Waals surface area contributed by atoms with Crippen LogP contribution in [0.1, 0.15) is 24.6 Å². The Morgan fingerprint density at radius 1 is 1.41 bits per heavy atom. The molecule has 1 fully saturated rings. The van der Waals surface area contributed by atoms with Crippen molar-refractivity contribution in [1.82, 2.24) is 15.3 Å². The number of nitrogens with one attached hydrogen (secondary N) is 1. The Balaban J connectivity index is 2.15. The summed E-state index contributed by atoms with van der Waals surface area (Å²) in [5.74, 6) is 1.18. The van der Waals surface area contributed by atoms with Crippen molar-refractivity contribution in [3.63, 3.8) is 0 Å². The number of rotatable bonds is 4. The molecule has 1 aromatic rings. The smallest absolute Gasteiger partial charge is 0.216 e. The van der Waals surface area contributed by atoms with Gasteiger partial charge in [-0.15, -0.1) is 0 Å². The summed E-state index contributed by atoms with van der Waals surface area (Å²) >= 11 is 0. The van der Waals surface area contributed by atoms with Gasteiger partial charge in [0.25, 0.3) is 0 Å². The second-order valence-electron chi connectivity index (χ2n) is 4.20. The molecule has 17 heavy (non-hydrogen) atoms. The van der Waals surface area contributed by atoms with E-state index in [1.54, 1.807) is 13.4 Å². The fraction of sp³-hybridized carbons (Fsp3) is 0.667. The molecular formula is C12H19N3O2. The number of aromatic nitrogens is 2. The number of hydrogen-bond acceptors (Lipinski definition) is 5. The molecule has 1 aromatic heterocycles. The zero-order chi connectivity index (χ0) is 12.1.